The van der Waals surface area contributed by atoms with E-state index in [1.54, 1.807) is 0 Å². The number of hydrogen-bond acceptors (Lipinski definition) is 3. The van der Waals surface area contributed by atoms with Crippen LogP contribution in [0.2, 0.25) is 0 Å². The minimum absolute atomic E-state index is 0.0233. The first-order valence-electron chi connectivity index (χ1n) is 7.25. The van der Waals surface area contributed by atoms with Gasteiger partial charge in [0.2, 0.25) is 0 Å². The van der Waals surface area contributed by atoms with Crippen molar-refractivity contribution in [3.63, 3.8) is 0 Å². The Labute approximate surface area is 121 Å². The molecule has 0 fully saturated rings. The Kier molecular flexibility index (Phi) is 6.99. The third kappa shape index (κ3) is 5.49. The number of nitrogens with two attached hydrogens (primary N) is 1. The maximum absolute atomic E-state index is 13.3. The molecule has 0 atom stereocenters. The van der Waals surface area contributed by atoms with Crippen LogP contribution >= 0.6 is 0 Å². The van der Waals surface area contributed by atoms with Crippen LogP contribution in [-0.2, 0) is 9.84 Å². The van der Waals surface area contributed by atoms with Crippen LogP contribution in [0.1, 0.15) is 51.9 Å². The third-order valence-corrected chi connectivity index (χ3v) is 5.15. The molecular weight excluding hydrogens is 277 g/mol. The van der Waals surface area contributed by atoms with Crippen molar-refractivity contribution in [2.75, 3.05) is 11.5 Å². The van der Waals surface area contributed by atoms with Crippen molar-refractivity contribution in [1.29, 1.82) is 0 Å². The molecule has 0 unspecified atom stereocenters. The summed E-state index contributed by atoms with van der Waals surface area (Å²) in [5.74, 6) is -0.602. The van der Waals surface area contributed by atoms with Gasteiger partial charge in [0.15, 0.2) is 9.84 Å². The van der Waals surface area contributed by atoms with E-state index >= 15 is 0 Å². The predicted molar refractivity (Wildman–Crippen MR) is 80.9 cm³/mol. The van der Waals surface area contributed by atoms with Crippen molar-refractivity contribution in [2.24, 2.45) is 0 Å². The smallest absolute Gasteiger partial charge is 0.178 e. The van der Waals surface area contributed by atoms with Gasteiger partial charge in [-0.05, 0) is 24.6 Å². The molecule has 0 aliphatic heterocycles. The molecule has 0 saturated carbocycles. The summed E-state index contributed by atoms with van der Waals surface area (Å²) in [6, 6.07) is 3.67. The molecule has 0 aliphatic rings. The van der Waals surface area contributed by atoms with Gasteiger partial charge in [-0.1, -0.05) is 45.4 Å². The number of sulfone groups is 1. The molecule has 0 aromatic heterocycles. The van der Waals surface area contributed by atoms with Crippen molar-refractivity contribution in [3.05, 3.63) is 24.0 Å². The second-order valence-corrected chi connectivity index (χ2v) is 7.23. The summed E-state index contributed by atoms with van der Waals surface area (Å²) in [5.41, 5.74) is 5.31. The van der Waals surface area contributed by atoms with Gasteiger partial charge in [-0.2, -0.15) is 0 Å². The number of rotatable bonds is 9. The van der Waals surface area contributed by atoms with Crippen molar-refractivity contribution >= 4 is 15.5 Å². The Balaban J connectivity index is 2.40. The van der Waals surface area contributed by atoms with Gasteiger partial charge in [-0.3, -0.25) is 0 Å². The van der Waals surface area contributed by atoms with Crippen LogP contribution in [0, 0.1) is 5.82 Å². The van der Waals surface area contributed by atoms with Crippen LogP contribution in [0.4, 0.5) is 10.1 Å². The first-order chi connectivity index (χ1) is 9.47. The van der Waals surface area contributed by atoms with Crippen molar-refractivity contribution in [2.45, 2.75) is 56.8 Å². The van der Waals surface area contributed by atoms with Gasteiger partial charge >= 0.3 is 0 Å². The first-order valence-corrected chi connectivity index (χ1v) is 8.90. The highest BCUT2D eigenvalue weighted by molar-refractivity contribution is 7.91. The van der Waals surface area contributed by atoms with Gasteiger partial charge in [-0.15, -0.1) is 0 Å². The maximum atomic E-state index is 13.3. The third-order valence-electron chi connectivity index (χ3n) is 3.35. The molecule has 3 nitrogen and oxygen atoms in total. The largest absolute Gasteiger partial charge is 0.396 e. The summed E-state index contributed by atoms with van der Waals surface area (Å²) in [6.45, 7) is 2.16. The van der Waals surface area contributed by atoms with E-state index < -0.39 is 15.7 Å². The first kappa shape index (κ1) is 17.0. The molecule has 1 aromatic carbocycles. The normalized spacial score (nSPS) is 11.7. The molecule has 0 aliphatic carbocycles. The van der Waals surface area contributed by atoms with E-state index in [2.05, 4.69) is 6.92 Å². The van der Waals surface area contributed by atoms with Crippen LogP contribution < -0.4 is 5.73 Å². The highest BCUT2D eigenvalue weighted by Gasteiger charge is 2.15. The summed E-state index contributed by atoms with van der Waals surface area (Å²) in [7, 11) is -3.39. The molecule has 20 heavy (non-hydrogen) atoms. The van der Waals surface area contributed by atoms with Crippen LogP contribution in [-0.4, -0.2) is 14.2 Å². The molecule has 0 spiro atoms. The van der Waals surface area contributed by atoms with E-state index in [-0.39, 0.29) is 16.3 Å². The second kappa shape index (κ2) is 8.25. The Morgan fingerprint density at radius 1 is 1.05 bits per heavy atom. The summed E-state index contributed by atoms with van der Waals surface area (Å²) < 4.78 is 37.3. The van der Waals surface area contributed by atoms with Gasteiger partial charge in [0.1, 0.15) is 5.82 Å². The van der Waals surface area contributed by atoms with E-state index in [0.29, 0.717) is 6.42 Å². The summed E-state index contributed by atoms with van der Waals surface area (Å²) in [4.78, 5) is 0.0233. The molecule has 0 bridgehead atoms. The van der Waals surface area contributed by atoms with E-state index in [1.807, 2.05) is 0 Å². The van der Waals surface area contributed by atoms with Gasteiger partial charge in [0.05, 0.1) is 16.3 Å². The highest BCUT2D eigenvalue weighted by Crippen LogP contribution is 2.19. The zero-order chi connectivity index (χ0) is 15.0. The van der Waals surface area contributed by atoms with E-state index in [1.165, 1.54) is 31.4 Å². The minimum atomic E-state index is -3.39. The standard InChI is InChI=1S/C15H24FNO2S/c1-2-3-4-5-6-7-8-11-20(18,19)13-9-10-15(17)14(16)12-13/h9-10,12H,2-8,11,17H2,1H3. The monoisotopic (exact) mass is 301 g/mol. The Hall–Kier alpha value is -1.10. The number of hydrogen-bond donors (Lipinski definition) is 1. The van der Waals surface area contributed by atoms with Gasteiger partial charge in [-0.25, -0.2) is 12.8 Å². The lowest BCUT2D eigenvalue weighted by Gasteiger charge is -2.06. The second-order valence-electron chi connectivity index (χ2n) is 5.12. The quantitative estimate of drug-likeness (QED) is 0.555. The van der Waals surface area contributed by atoms with Crippen LogP contribution in [0.5, 0.6) is 0 Å². The molecule has 5 heteroatoms. The molecule has 1 aromatic rings. The number of anilines is 1. The number of nitrogen functional groups attached to an aromatic ring is 1. The van der Waals surface area contributed by atoms with E-state index in [9.17, 15) is 12.8 Å². The fourth-order valence-electron chi connectivity index (χ4n) is 2.07. The van der Waals surface area contributed by atoms with E-state index in [0.717, 1.165) is 25.3 Å². The summed E-state index contributed by atoms with van der Waals surface area (Å²) >= 11 is 0. The van der Waals surface area contributed by atoms with Crippen LogP contribution in [0.3, 0.4) is 0 Å². The predicted octanol–water partition coefficient (Wildman–Crippen LogP) is 3.93. The van der Waals surface area contributed by atoms with Crippen molar-refractivity contribution in [1.82, 2.24) is 0 Å². The Morgan fingerprint density at radius 2 is 1.65 bits per heavy atom. The van der Waals surface area contributed by atoms with Gasteiger partial charge < -0.3 is 5.73 Å². The Bertz CT molecular complexity index is 515. The SMILES string of the molecule is CCCCCCCCCS(=O)(=O)c1ccc(N)c(F)c1. The fourth-order valence-corrected chi connectivity index (χ4v) is 3.45. The molecule has 0 radical (unpaired) electrons. The highest BCUT2D eigenvalue weighted by atomic mass is 32.2. The topological polar surface area (TPSA) is 60.2 Å². The average molecular weight is 301 g/mol. The average Bonchev–Trinajstić information content (AvgIpc) is 2.40. The molecule has 0 heterocycles. The lowest BCUT2D eigenvalue weighted by Crippen LogP contribution is -2.07. The lowest BCUT2D eigenvalue weighted by molar-refractivity contribution is 0.577. The number of unbranched alkanes of at least 4 members (excludes halogenated alkanes) is 6. The molecular formula is C15H24FNO2S. The Morgan fingerprint density at radius 3 is 2.25 bits per heavy atom. The molecule has 114 valence electrons. The van der Waals surface area contributed by atoms with Gasteiger partial charge in [0, 0.05) is 0 Å². The zero-order valence-electron chi connectivity index (χ0n) is 12.1. The molecule has 2 N–H and O–H groups in total. The molecule has 0 saturated heterocycles. The molecule has 1 rings (SSSR count). The number of benzene rings is 1. The lowest BCUT2D eigenvalue weighted by atomic mass is 10.1. The minimum Gasteiger partial charge on any atom is -0.396 e. The summed E-state index contributed by atoms with van der Waals surface area (Å²) in [6.07, 6.45) is 7.41. The zero-order valence-corrected chi connectivity index (χ0v) is 12.9. The van der Waals surface area contributed by atoms with Crippen LogP contribution in [0.25, 0.3) is 0 Å². The van der Waals surface area contributed by atoms with E-state index in [4.69, 9.17) is 5.73 Å². The van der Waals surface area contributed by atoms with Crippen LogP contribution in [0.15, 0.2) is 23.1 Å². The van der Waals surface area contributed by atoms with Crippen molar-refractivity contribution < 1.29 is 12.8 Å². The van der Waals surface area contributed by atoms with Crippen molar-refractivity contribution in [3.8, 4) is 0 Å². The fraction of sp³-hybridized carbons (Fsp3) is 0.600. The summed E-state index contributed by atoms with van der Waals surface area (Å²) in [5, 5.41) is 0. The van der Waals surface area contributed by atoms with Gasteiger partial charge in [0.25, 0.3) is 0 Å². The molecule has 0 amide bonds. The maximum Gasteiger partial charge on any atom is 0.178 e. The number of halogens is 1.